The molecule has 0 amide bonds. The maximum Gasteiger partial charge on any atom is 0.138 e. The number of nitrogens with zero attached hydrogens (tertiary/aromatic N) is 3. The van der Waals surface area contributed by atoms with Gasteiger partial charge in [0.05, 0.1) is 0 Å². The van der Waals surface area contributed by atoms with Crippen LogP contribution in [0.5, 0.6) is 0 Å². The van der Waals surface area contributed by atoms with Crippen molar-refractivity contribution in [1.82, 2.24) is 20.1 Å². The maximum atomic E-state index is 4.32. The normalized spacial score (nSPS) is 14.3. The molecule has 4 nitrogen and oxygen atoms in total. The highest BCUT2D eigenvalue weighted by atomic mass is 15.3. The van der Waals surface area contributed by atoms with E-state index in [2.05, 4.69) is 59.6 Å². The van der Waals surface area contributed by atoms with E-state index in [1.807, 2.05) is 11.7 Å². The largest absolute Gasteiger partial charge is 0.310 e. The van der Waals surface area contributed by atoms with Crippen molar-refractivity contribution >= 4 is 0 Å². The third kappa shape index (κ3) is 3.41. The van der Waals surface area contributed by atoms with Crippen LogP contribution in [0, 0.1) is 5.92 Å². The van der Waals surface area contributed by atoms with E-state index in [9.17, 15) is 0 Å². The standard InChI is InChI=1S/C15H22N4/c1-4-16-15(13-8-6-5-7-9-13)12(2)10-14-17-11-18-19(14)3/h5-9,11-12,15-16H,4,10H2,1-3H3. The summed E-state index contributed by atoms with van der Waals surface area (Å²) in [5.74, 6) is 1.50. The third-order valence-electron chi connectivity index (χ3n) is 3.46. The van der Waals surface area contributed by atoms with Crippen LogP contribution in [-0.2, 0) is 13.5 Å². The summed E-state index contributed by atoms with van der Waals surface area (Å²) in [7, 11) is 1.94. The van der Waals surface area contributed by atoms with Crippen molar-refractivity contribution in [2.75, 3.05) is 6.54 Å². The topological polar surface area (TPSA) is 42.7 Å². The van der Waals surface area contributed by atoms with Gasteiger partial charge in [-0.25, -0.2) is 4.98 Å². The lowest BCUT2D eigenvalue weighted by atomic mass is 9.91. The van der Waals surface area contributed by atoms with E-state index in [1.54, 1.807) is 6.33 Å². The smallest absolute Gasteiger partial charge is 0.138 e. The van der Waals surface area contributed by atoms with Crippen LogP contribution in [0.3, 0.4) is 0 Å². The Hall–Kier alpha value is -1.68. The Kier molecular flexibility index (Phi) is 4.68. The summed E-state index contributed by atoms with van der Waals surface area (Å²) in [5.41, 5.74) is 1.33. The lowest BCUT2D eigenvalue weighted by Gasteiger charge is -2.25. The molecular weight excluding hydrogens is 236 g/mol. The van der Waals surface area contributed by atoms with Crippen molar-refractivity contribution in [1.29, 1.82) is 0 Å². The average Bonchev–Trinajstić information content (AvgIpc) is 2.82. The first-order valence-corrected chi connectivity index (χ1v) is 6.83. The minimum atomic E-state index is 0.350. The highest BCUT2D eigenvalue weighted by molar-refractivity contribution is 5.19. The molecule has 102 valence electrons. The molecule has 1 aromatic carbocycles. The molecule has 0 radical (unpaired) electrons. The van der Waals surface area contributed by atoms with Crippen molar-refractivity contribution in [2.24, 2.45) is 13.0 Å². The molecule has 0 aliphatic heterocycles. The minimum Gasteiger partial charge on any atom is -0.310 e. The van der Waals surface area contributed by atoms with Gasteiger partial charge < -0.3 is 5.32 Å². The van der Waals surface area contributed by atoms with Crippen molar-refractivity contribution in [3.05, 3.63) is 48.0 Å². The van der Waals surface area contributed by atoms with Gasteiger partial charge in [-0.05, 0) is 18.0 Å². The fourth-order valence-electron chi connectivity index (χ4n) is 2.44. The lowest BCUT2D eigenvalue weighted by molar-refractivity contribution is 0.381. The highest BCUT2D eigenvalue weighted by Gasteiger charge is 2.20. The Morgan fingerprint density at radius 3 is 2.58 bits per heavy atom. The highest BCUT2D eigenvalue weighted by Crippen LogP contribution is 2.24. The summed E-state index contributed by atoms with van der Waals surface area (Å²) in [6, 6.07) is 11.0. The molecule has 2 unspecified atom stereocenters. The first-order chi connectivity index (χ1) is 9.22. The maximum absolute atomic E-state index is 4.32. The molecule has 0 aliphatic rings. The molecule has 0 spiro atoms. The van der Waals surface area contributed by atoms with E-state index in [1.165, 1.54) is 5.56 Å². The summed E-state index contributed by atoms with van der Waals surface area (Å²) in [4.78, 5) is 4.32. The summed E-state index contributed by atoms with van der Waals surface area (Å²) in [5, 5.41) is 7.71. The number of aryl methyl sites for hydroxylation is 1. The molecule has 0 saturated carbocycles. The van der Waals surface area contributed by atoms with E-state index in [0.717, 1.165) is 18.8 Å². The summed E-state index contributed by atoms with van der Waals surface area (Å²) >= 11 is 0. The first-order valence-electron chi connectivity index (χ1n) is 6.83. The van der Waals surface area contributed by atoms with E-state index in [4.69, 9.17) is 0 Å². The fourth-order valence-corrected chi connectivity index (χ4v) is 2.44. The van der Waals surface area contributed by atoms with Gasteiger partial charge in [-0.3, -0.25) is 4.68 Å². The van der Waals surface area contributed by atoms with E-state index < -0.39 is 0 Å². The summed E-state index contributed by atoms with van der Waals surface area (Å²) in [6.45, 7) is 5.36. The van der Waals surface area contributed by atoms with Crippen LogP contribution in [0.25, 0.3) is 0 Å². The molecule has 1 heterocycles. The Morgan fingerprint density at radius 2 is 2.00 bits per heavy atom. The number of benzene rings is 1. The third-order valence-corrected chi connectivity index (χ3v) is 3.46. The molecule has 0 fully saturated rings. The zero-order valence-corrected chi connectivity index (χ0v) is 11.9. The summed E-state index contributed by atoms with van der Waals surface area (Å²) < 4.78 is 1.85. The molecule has 0 aliphatic carbocycles. The summed E-state index contributed by atoms with van der Waals surface area (Å²) in [6.07, 6.45) is 2.54. The van der Waals surface area contributed by atoms with Gasteiger partial charge in [0, 0.05) is 19.5 Å². The van der Waals surface area contributed by atoms with Crippen LogP contribution in [0.4, 0.5) is 0 Å². The second-order valence-electron chi connectivity index (χ2n) is 4.93. The van der Waals surface area contributed by atoms with Gasteiger partial charge >= 0.3 is 0 Å². The number of aromatic nitrogens is 3. The predicted molar refractivity (Wildman–Crippen MR) is 76.7 cm³/mol. The number of hydrogen-bond donors (Lipinski definition) is 1. The van der Waals surface area contributed by atoms with Crippen molar-refractivity contribution in [3.63, 3.8) is 0 Å². The van der Waals surface area contributed by atoms with Crippen molar-refractivity contribution in [3.8, 4) is 0 Å². The van der Waals surface area contributed by atoms with Crippen molar-refractivity contribution in [2.45, 2.75) is 26.3 Å². The van der Waals surface area contributed by atoms with E-state index in [0.29, 0.717) is 12.0 Å². The van der Waals surface area contributed by atoms with Crippen LogP contribution < -0.4 is 5.32 Å². The Bertz CT molecular complexity index is 492. The molecule has 2 rings (SSSR count). The second kappa shape index (κ2) is 6.48. The SMILES string of the molecule is CCNC(c1ccccc1)C(C)Cc1ncnn1C. The van der Waals surface area contributed by atoms with Gasteiger partial charge in [0.1, 0.15) is 12.2 Å². The lowest BCUT2D eigenvalue weighted by Crippen LogP contribution is -2.28. The number of nitrogens with one attached hydrogen (secondary N) is 1. The zero-order valence-electron chi connectivity index (χ0n) is 11.9. The number of rotatable bonds is 6. The zero-order chi connectivity index (χ0) is 13.7. The fraction of sp³-hybridized carbons (Fsp3) is 0.467. The Morgan fingerprint density at radius 1 is 1.26 bits per heavy atom. The van der Waals surface area contributed by atoms with Gasteiger partial charge in [0.25, 0.3) is 0 Å². The molecule has 2 aromatic rings. The van der Waals surface area contributed by atoms with E-state index in [-0.39, 0.29) is 0 Å². The monoisotopic (exact) mass is 258 g/mol. The molecule has 1 N–H and O–H groups in total. The van der Waals surface area contributed by atoms with Crippen LogP contribution in [-0.4, -0.2) is 21.3 Å². The van der Waals surface area contributed by atoms with Gasteiger partial charge in [-0.15, -0.1) is 0 Å². The van der Waals surface area contributed by atoms with Crippen molar-refractivity contribution < 1.29 is 0 Å². The molecule has 0 saturated heterocycles. The molecule has 2 atom stereocenters. The van der Waals surface area contributed by atoms with Crippen LogP contribution in [0.2, 0.25) is 0 Å². The molecule has 1 aromatic heterocycles. The molecular formula is C15H22N4. The molecule has 4 heteroatoms. The van der Waals surface area contributed by atoms with Crippen LogP contribution in [0.1, 0.15) is 31.3 Å². The minimum absolute atomic E-state index is 0.350. The van der Waals surface area contributed by atoms with Gasteiger partial charge in [0.15, 0.2) is 0 Å². The Labute approximate surface area is 114 Å². The average molecular weight is 258 g/mol. The molecule has 0 bridgehead atoms. The number of hydrogen-bond acceptors (Lipinski definition) is 3. The van der Waals surface area contributed by atoms with Gasteiger partial charge in [0.2, 0.25) is 0 Å². The van der Waals surface area contributed by atoms with Crippen LogP contribution >= 0.6 is 0 Å². The second-order valence-corrected chi connectivity index (χ2v) is 4.93. The van der Waals surface area contributed by atoms with Gasteiger partial charge in [-0.2, -0.15) is 5.10 Å². The first kappa shape index (κ1) is 13.7. The quantitative estimate of drug-likeness (QED) is 0.865. The molecule has 19 heavy (non-hydrogen) atoms. The Balaban J connectivity index is 2.13. The predicted octanol–water partition coefficient (Wildman–Crippen LogP) is 2.34. The van der Waals surface area contributed by atoms with Gasteiger partial charge in [-0.1, -0.05) is 44.2 Å². The van der Waals surface area contributed by atoms with E-state index >= 15 is 0 Å². The van der Waals surface area contributed by atoms with Crippen LogP contribution in [0.15, 0.2) is 36.7 Å².